The molecule has 8 heteroatoms. The normalized spacial score (nSPS) is 28.0. The van der Waals surface area contributed by atoms with E-state index in [9.17, 15) is 9.59 Å². The van der Waals surface area contributed by atoms with Gasteiger partial charge in [0.1, 0.15) is 17.2 Å². The topological polar surface area (TPSA) is 80.3 Å². The molecule has 1 aliphatic rings. The van der Waals surface area contributed by atoms with Crippen molar-refractivity contribution in [2.75, 3.05) is 6.61 Å². The molecule has 0 N–H and O–H groups in total. The Bertz CT molecular complexity index is 933. The second kappa shape index (κ2) is 12.1. The van der Waals surface area contributed by atoms with Crippen molar-refractivity contribution in [3.05, 3.63) is 71.8 Å². The lowest BCUT2D eigenvalue weighted by atomic mass is 9.99. The van der Waals surface area contributed by atoms with E-state index in [4.69, 9.17) is 26.4 Å². The molecule has 3 unspecified atom stereocenters. The largest absolute Gasteiger partial charge is 0.456 e. The van der Waals surface area contributed by atoms with E-state index in [-0.39, 0.29) is 6.61 Å². The smallest absolute Gasteiger partial charge is 0.303 e. The SMILES string of the molecule is [2H]C(OC[C@H]1OC(Br)[C@H](OC([2H])c2ccccc2)[C@@H](OC(C)=O)[C@H]1OC(C)=O)c1ccccc1. The Labute approximate surface area is 198 Å². The van der Waals surface area contributed by atoms with Gasteiger partial charge in [0.2, 0.25) is 0 Å². The maximum Gasteiger partial charge on any atom is 0.303 e. The molecule has 3 rings (SSSR count). The van der Waals surface area contributed by atoms with Crippen LogP contribution in [0, 0.1) is 0 Å². The van der Waals surface area contributed by atoms with Crippen LogP contribution in [0.1, 0.15) is 27.7 Å². The molecule has 1 fully saturated rings. The van der Waals surface area contributed by atoms with Crippen molar-refractivity contribution >= 4 is 27.9 Å². The standard InChI is InChI=1S/C24H27BrO7/c1-16(26)30-21-20(15-28-13-18-9-5-3-6-10-18)32-24(25)23(22(21)31-17(2)27)29-14-19-11-7-4-8-12-19/h3-12,20-24H,13-15H2,1-2H3/t20-,21+,22+,23-,24?/m1/s1/i13D,14D/t13?,14?,20-,21+,22+,23-,24?. The molecule has 2 aromatic carbocycles. The first-order chi connectivity index (χ1) is 16.3. The predicted molar refractivity (Wildman–Crippen MR) is 120 cm³/mol. The minimum atomic E-state index is -1.10. The molecule has 0 spiro atoms. The van der Waals surface area contributed by atoms with Crippen molar-refractivity contribution in [1.82, 2.24) is 0 Å². The highest BCUT2D eigenvalue weighted by Crippen LogP contribution is 2.32. The van der Waals surface area contributed by atoms with E-state index in [0.29, 0.717) is 11.1 Å². The Morgan fingerprint density at radius 3 is 1.97 bits per heavy atom. The second-order valence-electron chi connectivity index (χ2n) is 7.16. The third-order valence-corrected chi connectivity index (χ3v) is 5.36. The van der Waals surface area contributed by atoms with Crippen molar-refractivity contribution in [3.8, 4) is 0 Å². The number of halogens is 1. The minimum absolute atomic E-state index is 0.115. The van der Waals surface area contributed by atoms with Crippen molar-refractivity contribution in [2.24, 2.45) is 0 Å². The van der Waals surface area contributed by atoms with E-state index in [1.54, 1.807) is 48.5 Å². The first-order valence-corrected chi connectivity index (χ1v) is 11.0. The Morgan fingerprint density at radius 1 is 0.875 bits per heavy atom. The number of esters is 2. The van der Waals surface area contributed by atoms with Crippen LogP contribution in [0.3, 0.4) is 0 Å². The van der Waals surface area contributed by atoms with E-state index in [1.165, 1.54) is 13.8 Å². The van der Waals surface area contributed by atoms with Gasteiger partial charge in [0.25, 0.3) is 0 Å². The third-order valence-electron chi connectivity index (χ3n) is 4.62. The van der Waals surface area contributed by atoms with Crippen LogP contribution in [0.2, 0.25) is 0 Å². The number of carbonyl (C=O) groups excluding carboxylic acids is 2. The molecule has 7 nitrogen and oxygen atoms in total. The molecule has 1 heterocycles. The molecule has 1 saturated heterocycles. The molecule has 0 aromatic heterocycles. The monoisotopic (exact) mass is 508 g/mol. The maximum absolute atomic E-state index is 11.9. The molecular formula is C24H27BrO7. The molecule has 0 radical (unpaired) electrons. The van der Waals surface area contributed by atoms with Crippen molar-refractivity contribution in [3.63, 3.8) is 0 Å². The lowest BCUT2D eigenvalue weighted by Crippen LogP contribution is -2.60. The second-order valence-corrected chi connectivity index (χ2v) is 8.07. The van der Waals surface area contributed by atoms with Gasteiger partial charge in [-0.15, -0.1) is 0 Å². The van der Waals surface area contributed by atoms with Crippen LogP contribution in [-0.4, -0.2) is 48.0 Å². The lowest BCUT2D eigenvalue weighted by Gasteiger charge is -2.43. The number of hydrogen-bond donors (Lipinski definition) is 0. The number of alkyl halides is 1. The first-order valence-electron chi connectivity index (χ1n) is 11.3. The summed E-state index contributed by atoms with van der Waals surface area (Å²) in [5.74, 6) is -1.22. The highest BCUT2D eigenvalue weighted by atomic mass is 79.9. The Morgan fingerprint density at radius 2 is 1.41 bits per heavy atom. The summed E-state index contributed by atoms with van der Waals surface area (Å²) < 4.78 is 45.2. The molecule has 0 saturated carbocycles. The third kappa shape index (κ3) is 7.13. The summed E-state index contributed by atoms with van der Waals surface area (Å²) in [6.45, 7) is 0.253. The lowest BCUT2D eigenvalue weighted by molar-refractivity contribution is -0.241. The maximum atomic E-state index is 11.9. The van der Waals surface area contributed by atoms with Crippen LogP contribution in [-0.2, 0) is 46.4 Å². The van der Waals surface area contributed by atoms with Crippen LogP contribution in [0.15, 0.2) is 60.7 Å². The van der Waals surface area contributed by atoms with Gasteiger partial charge in [-0.3, -0.25) is 9.59 Å². The fourth-order valence-electron chi connectivity index (χ4n) is 3.26. The average molecular weight is 509 g/mol. The van der Waals surface area contributed by atoms with Crippen LogP contribution < -0.4 is 0 Å². The van der Waals surface area contributed by atoms with Crippen LogP contribution in [0.5, 0.6) is 0 Å². The summed E-state index contributed by atoms with van der Waals surface area (Å²) in [6.07, 6.45) is -3.99. The molecule has 0 aliphatic carbocycles. The van der Waals surface area contributed by atoms with E-state index in [0.717, 1.165) is 0 Å². The summed E-state index contributed by atoms with van der Waals surface area (Å²) in [5.41, 5.74) is 1.24. The van der Waals surface area contributed by atoms with E-state index >= 15 is 0 Å². The number of rotatable bonds is 9. The van der Waals surface area contributed by atoms with Gasteiger partial charge in [0.05, 0.1) is 22.5 Å². The van der Waals surface area contributed by atoms with Gasteiger partial charge in [-0.1, -0.05) is 76.6 Å². The van der Waals surface area contributed by atoms with E-state index in [2.05, 4.69) is 15.9 Å². The van der Waals surface area contributed by atoms with E-state index < -0.39 is 54.5 Å². The van der Waals surface area contributed by atoms with Crippen LogP contribution in [0.25, 0.3) is 0 Å². The summed E-state index contributed by atoms with van der Waals surface area (Å²) in [7, 11) is 0. The van der Waals surface area contributed by atoms with E-state index in [1.807, 2.05) is 12.1 Å². The zero-order valence-corrected chi connectivity index (χ0v) is 19.3. The summed E-state index contributed by atoms with van der Waals surface area (Å²) in [5, 5.41) is -0.810. The quantitative estimate of drug-likeness (QED) is 0.376. The molecule has 7 atom stereocenters. The summed E-state index contributed by atoms with van der Waals surface area (Å²) in [4.78, 5) is 23.8. The zero-order valence-electron chi connectivity index (χ0n) is 19.8. The Kier molecular flexibility index (Phi) is 8.16. The van der Waals surface area contributed by atoms with Crippen LogP contribution >= 0.6 is 15.9 Å². The molecular weight excluding hydrogens is 480 g/mol. The molecule has 0 amide bonds. The van der Waals surface area contributed by atoms with Crippen LogP contribution in [0.4, 0.5) is 0 Å². The first kappa shape index (κ1) is 21.6. The fourth-order valence-corrected chi connectivity index (χ4v) is 3.97. The van der Waals surface area contributed by atoms with Crippen molar-refractivity contribution < 1.29 is 36.0 Å². The Balaban J connectivity index is 1.80. The van der Waals surface area contributed by atoms with Gasteiger partial charge >= 0.3 is 11.9 Å². The van der Waals surface area contributed by atoms with Gasteiger partial charge in [0.15, 0.2) is 12.2 Å². The van der Waals surface area contributed by atoms with Gasteiger partial charge in [0, 0.05) is 13.8 Å². The number of hydrogen-bond acceptors (Lipinski definition) is 7. The van der Waals surface area contributed by atoms with Crippen molar-refractivity contribution in [2.45, 2.75) is 56.4 Å². The molecule has 2 aromatic rings. The molecule has 172 valence electrons. The minimum Gasteiger partial charge on any atom is -0.456 e. The molecule has 32 heavy (non-hydrogen) atoms. The fraction of sp³-hybridized carbons (Fsp3) is 0.417. The summed E-state index contributed by atoms with van der Waals surface area (Å²) in [6, 6.07) is 17.8. The molecule has 0 bridgehead atoms. The highest BCUT2D eigenvalue weighted by molar-refractivity contribution is 9.09. The average Bonchev–Trinajstić information content (AvgIpc) is 2.82. The van der Waals surface area contributed by atoms with Gasteiger partial charge in [-0.25, -0.2) is 0 Å². The summed E-state index contributed by atoms with van der Waals surface area (Å²) >= 11 is 3.41. The van der Waals surface area contributed by atoms with Gasteiger partial charge < -0.3 is 23.7 Å². The number of benzene rings is 2. The molecule has 1 aliphatic heterocycles. The van der Waals surface area contributed by atoms with Gasteiger partial charge in [-0.05, 0) is 11.1 Å². The Hall–Kier alpha value is -2.26. The predicted octanol–water partition coefficient (Wildman–Crippen LogP) is 3.77. The number of ether oxygens (including phenoxy) is 5. The number of carbonyl (C=O) groups is 2. The zero-order chi connectivity index (χ0) is 24.7. The van der Waals surface area contributed by atoms with Gasteiger partial charge in [-0.2, -0.15) is 0 Å². The highest BCUT2D eigenvalue weighted by Gasteiger charge is 2.50. The van der Waals surface area contributed by atoms with Crippen molar-refractivity contribution in [1.29, 1.82) is 0 Å².